The molecule has 1 saturated heterocycles. The van der Waals surface area contributed by atoms with Crippen molar-refractivity contribution < 1.29 is 23.8 Å². The van der Waals surface area contributed by atoms with Crippen molar-refractivity contribution >= 4 is 35.0 Å². The Hall–Kier alpha value is -3.70. The normalized spacial score (nSPS) is 15.4. The van der Waals surface area contributed by atoms with E-state index in [1.54, 1.807) is 4.90 Å². The minimum atomic E-state index is -0.511. The van der Waals surface area contributed by atoms with Crippen molar-refractivity contribution in [2.75, 3.05) is 40.1 Å². The summed E-state index contributed by atoms with van der Waals surface area (Å²) >= 11 is 5.34. The Morgan fingerprint density at radius 2 is 1.83 bits per heavy atom. The molecule has 0 spiro atoms. The summed E-state index contributed by atoms with van der Waals surface area (Å²) in [7, 11) is 1.29. The summed E-state index contributed by atoms with van der Waals surface area (Å²) in [5.41, 5.74) is 1.47. The number of esters is 1. The van der Waals surface area contributed by atoms with Crippen LogP contribution in [0.15, 0.2) is 41.2 Å². The van der Waals surface area contributed by atoms with Crippen LogP contribution in [-0.2, 0) is 22.6 Å². The number of hydrogen-bond acceptors (Lipinski definition) is 8. The Kier molecular flexibility index (Phi) is 6.27. The molecule has 0 unspecified atom stereocenters. The van der Waals surface area contributed by atoms with E-state index in [9.17, 15) is 14.4 Å². The first-order valence-corrected chi connectivity index (χ1v) is 11.6. The van der Waals surface area contributed by atoms with E-state index >= 15 is 0 Å². The SMILES string of the molecule is COC(=O)c1ccc2c(=O)n(CC(=O)N3CCN(Cc4ccc5c(c4)OCO5)CC3)c(=S)[nH]c2c1. The summed E-state index contributed by atoms with van der Waals surface area (Å²) in [6, 6.07) is 10.5. The molecule has 0 bridgehead atoms. The fraction of sp³-hybridized carbons (Fsp3) is 0.333. The highest BCUT2D eigenvalue weighted by Crippen LogP contribution is 2.32. The van der Waals surface area contributed by atoms with E-state index in [4.69, 9.17) is 26.4 Å². The van der Waals surface area contributed by atoms with E-state index in [0.29, 0.717) is 29.6 Å². The summed E-state index contributed by atoms with van der Waals surface area (Å²) < 4.78 is 16.9. The zero-order chi connectivity index (χ0) is 24.5. The number of benzene rings is 2. The van der Waals surface area contributed by atoms with Crippen LogP contribution in [0.1, 0.15) is 15.9 Å². The van der Waals surface area contributed by atoms with Gasteiger partial charge >= 0.3 is 5.97 Å². The Bertz CT molecular complexity index is 1420. The van der Waals surface area contributed by atoms with Gasteiger partial charge < -0.3 is 24.1 Å². The number of carbonyl (C=O) groups excluding carboxylic acids is 2. The number of rotatable bonds is 5. The van der Waals surface area contributed by atoms with E-state index in [0.717, 1.165) is 36.7 Å². The third-order valence-corrected chi connectivity index (χ3v) is 6.59. The number of piperazine rings is 1. The summed E-state index contributed by atoms with van der Waals surface area (Å²) in [6.45, 7) is 3.41. The van der Waals surface area contributed by atoms with E-state index < -0.39 is 5.97 Å². The molecule has 1 aromatic heterocycles. The quantitative estimate of drug-likeness (QED) is 0.422. The smallest absolute Gasteiger partial charge is 0.337 e. The van der Waals surface area contributed by atoms with Gasteiger partial charge in [0.05, 0.1) is 23.6 Å². The van der Waals surface area contributed by atoms with Crippen molar-refractivity contribution in [2.45, 2.75) is 13.1 Å². The lowest BCUT2D eigenvalue weighted by Gasteiger charge is -2.34. The number of amides is 1. The topological polar surface area (TPSA) is 106 Å². The maximum absolute atomic E-state index is 13.0. The highest BCUT2D eigenvalue weighted by Gasteiger charge is 2.23. The molecule has 2 aliphatic heterocycles. The monoisotopic (exact) mass is 496 g/mol. The minimum absolute atomic E-state index is 0.124. The van der Waals surface area contributed by atoms with Crippen molar-refractivity contribution in [3.05, 3.63) is 62.6 Å². The first-order chi connectivity index (χ1) is 16.9. The van der Waals surface area contributed by atoms with Crippen LogP contribution < -0.4 is 15.0 Å². The number of aromatic amines is 1. The molecule has 2 aromatic carbocycles. The van der Waals surface area contributed by atoms with Gasteiger partial charge in [0.2, 0.25) is 12.7 Å². The van der Waals surface area contributed by atoms with Gasteiger partial charge in [-0.25, -0.2) is 4.79 Å². The standard InChI is InChI=1S/C24H24N4O6S/c1-32-23(31)16-3-4-17-18(11-16)25-24(35)28(22(17)30)13-21(29)27-8-6-26(7-9-27)12-15-2-5-19-20(10-15)34-14-33-19/h2-5,10-11H,6-9,12-14H2,1H3,(H,25,35). The van der Waals surface area contributed by atoms with E-state index in [-0.39, 0.29) is 29.6 Å². The molecule has 35 heavy (non-hydrogen) atoms. The average molecular weight is 497 g/mol. The molecular formula is C24H24N4O6S. The highest BCUT2D eigenvalue weighted by molar-refractivity contribution is 7.71. The molecule has 3 aromatic rings. The van der Waals surface area contributed by atoms with Gasteiger partial charge in [-0.05, 0) is 48.1 Å². The Morgan fingerprint density at radius 3 is 2.60 bits per heavy atom. The minimum Gasteiger partial charge on any atom is -0.465 e. The van der Waals surface area contributed by atoms with E-state index in [1.807, 2.05) is 18.2 Å². The predicted molar refractivity (Wildman–Crippen MR) is 129 cm³/mol. The molecule has 0 atom stereocenters. The lowest BCUT2D eigenvalue weighted by Crippen LogP contribution is -2.49. The van der Waals surface area contributed by atoms with Crippen molar-refractivity contribution in [1.82, 2.24) is 19.4 Å². The molecular weight excluding hydrogens is 472 g/mol. The molecule has 10 nitrogen and oxygen atoms in total. The van der Waals surface area contributed by atoms with Crippen LogP contribution in [0, 0.1) is 4.77 Å². The number of aromatic nitrogens is 2. The number of carbonyl (C=O) groups is 2. The molecule has 1 fully saturated rings. The second-order valence-corrected chi connectivity index (χ2v) is 8.80. The van der Waals surface area contributed by atoms with Gasteiger partial charge in [0.1, 0.15) is 6.54 Å². The van der Waals surface area contributed by atoms with Crippen LogP contribution in [-0.4, -0.2) is 71.3 Å². The number of H-pyrrole nitrogens is 1. The first-order valence-electron chi connectivity index (χ1n) is 11.2. The molecule has 5 rings (SSSR count). The zero-order valence-corrected chi connectivity index (χ0v) is 19.9. The van der Waals surface area contributed by atoms with Gasteiger partial charge in [-0.15, -0.1) is 0 Å². The number of fused-ring (bicyclic) bond motifs is 2. The lowest BCUT2D eigenvalue weighted by molar-refractivity contribution is -0.133. The van der Waals surface area contributed by atoms with Crippen LogP contribution >= 0.6 is 12.2 Å². The van der Waals surface area contributed by atoms with E-state index in [1.165, 1.54) is 29.9 Å². The summed E-state index contributed by atoms with van der Waals surface area (Å²) in [4.78, 5) is 44.7. The predicted octanol–water partition coefficient (Wildman–Crippen LogP) is 1.92. The van der Waals surface area contributed by atoms with Crippen molar-refractivity contribution in [1.29, 1.82) is 0 Å². The van der Waals surface area contributed by atoms with Crippen LogP contribution in [0.2, 0.25) is 0 Å². The maximum atomic E-state index is 13.0. The summed E-state index contributed by atoms with van der Waals surface area (Å²) in [6.07, 6.45) is 0. The molecule has 11 heteroatoms. The van der Waals surface area contributed by atoms with Gasteiger partial charge in [-0.1, -0.05) is 6.07 Å². The fourth-order valence-corrected chi connectivity index (χ4v) is 4.59. The lowest BCUT2D eigenvalue weighted by atomic mass is 10.1. The molecule has 3 heterocycles. The summed E-state index contributed by atoms with van der Waals surface area (Å²) in [5, 5.41) is 0.340. The Labute approximate surface area is 205 Å². The third-order valence-electron chi connectivity index (χ3n) is 6.26. The molecule has 182 valence electrons. The van der Waals surface area contributed by atoms with Gasteiger partial charge in [-0.2, -0.15) is 0 Å². The highest BCUT2D eigenvalue weighted by atomic mass is 32.1. The fourth-order valence-electron chi connectivity index (χ4n) is 4.33. The van der Waals surface area contributed by atoms with Crippen LogP contribution in [0.5, 0.6) is 11.5 Å². The number of nitrogens with one attached hydrogen (secondary N) is 1. The molecule has 1 N–H and O–H groups in total. The molecule has 0 radical (unpaired) electrons. The average Bonchev–Trinajstić information content (AvgIpc) is 3.34. The Morgan fingerprint density at radius 1 is 1.06 bits per heavy atom. The van der Waals surface area contributed by atoms with Gasteiger partial charge in [0.25, 0.3) is 5.56 Å². The number of hydrogen-bond donors (Lipinski definition) is 1. The van der Waals surface area contributed by atoms with Crippen LogP contribution in [0.4, 0.5) is 0 Å². The summed E-state index contributed by atoms with van der Waals surface area (Å²) in [5.74, 6) is 0.841. The van der Waals surface area contributed by atoms with Crippen LogP contribution in [0.25, 0.3) is 10.9 Å². The van der Waals surface area contributed by atoms with E-state index in [2.05, 4.69) is 9.88 Å². The van der Waals surface area contributed by atoms with Gasteiger partial charge in [0, 0.05) is 32.7 Å². The third kappa shape index (κ3) is 4.64. The van der Waals surface area contributed by atoms with Gasteiger partial charge in [0.15, 0.2) is 16.3 Å². The number of methoxy groups -OCH3 is 1. The van der Waals surface area contributed by atoms with Crippen molar-refractivity contribution in [2.24, 2.45) is 0 Å². The largest absolute Gasteiger partial charge is 0.465 e. The second kappa shape index (κ2) is 9.51. The second-order valence-electron chi connectivity index (χ2n) is 8.42. The zero-order valence-electron chi connectivity index (χ0n) is 19.1. The molecule has 0 saturated carbocycles. The van der Waals surface area contributed by atoms with Crippen LogP contribution in [0.3, 0.4) is 0 Å². The number of ether oxygens (including phenoxy) is 3. The van der Waals surface area contributed by atoms with Gasteiger partial charge in [-0.3, -0.25) is 19.1 Å². The number of nitrogens with zero attached hydrogens (tertiary/aromatic N) is 3. The van der Waals surface area contributed by atoms with Crippen molar-refractivity contribution in [3.63, 3.8) is 0 Å². The maximum Gasteiger partial charge on any atom is 0.337 e. The Balaban J connectivity index is 1.24. The van der Waals surface area contributed by atoms with Crippen molar-refractivity contribution in [3.8, 4) is 11.5 Å². The molecule has 2 aliphatic rings. The molecule has 1 amide bonds. The first kappa shape index (κ1) is 23.1. The molecule has 0 aliphatic carbocycles.